The molecule has 0 amide bonds. The van der Waals surface area contributed by atoms with Gasteiger partial charge < -0.3 is 15.7 Å². The van der Waals surface area contributed by atoms with Crippen LogP contribution in [0.15, 0.2) is 12.4 Å². The monoisotopic (exact) mass is 222 g/mol. The number of nitrogens with two attached hydrogens (primary N) is 1. The quantitative estimate of drug-likeness (QED) is 0.788. The molecule has 5 nitrogen and oxygen atoms in total. The molecule has 0 atom stereocenters. The molecule has 1 aromatic rings. The van der Waals surface area contributed by atoms with Crippen LogP contribution in [-0.2, 0) is 0 Å². The molecule has 3 N–H and O–H groups in total. The number of aromatic nitrogens is 2. The number of hydrogen-bond acceptors (Lipinski definition) is 5. The van der Waals surface area contributed by atoms with Gasteiger partial charge in [0.1, 0.15) is 0 Å². The number of nitrogen functional groups attached to an aromatic ring is 1. The standard InChI is InChI=1S/C11H18N4O/c12-9-7-13-11(14-8-9)15(5-6-16)10-3-1-2-4-10/h7-8,10,16H,1-6,12H2. The van der Waals surface area contributed by atoms with Gasteiger partial charge in [-0.25, -0.2) is 9.97 Å². The fourth-order valence-electron chi connectivity index (χ4n) is 2.25. The first-order chi connectivity index (χ1) is 7.81. The van der Waals surface area contributed by atoms with Gasteiger partial charge in [0.05, 0.1) is 24.7 Å². The molecule has 1 fully saturated rings. The molecule has 0 unspecified atom stereocenters. The lowest BCUT2D eigenvalue weighted by Crippen LogP contribution is -2.37. The Hall–Kier alpha value is -1.36. The minimum Gasteiger partial charge on any atom is -0.396 e. The van der Waals surface area contributed by atoms with E-state index >= 15 is 0 Å². The van der Waals surface area contributed by atoms with Crippen molar-refractivity contribution in [3.63, 3.8) is 0 Å². The first-order valence-corrected chi connectivity index (χ1v) is 5.76. The predicted molar refractivity (Wildman–Crippen MR) is 63.1 cm³/mol. The van der Waals surface area contributed by atoms with Crippen molar-refractivity contribution in [2.75, 3.05) is 23.8 Å². The fraction of sp³-hybridized carbons (Fsp3) is 0.636. The van der Waals surface area contributed by atoms with Crippen LogP contribution in [0.4, 0.5) is 11.6 Å². The van der Waals surface area contributed by atoms with E-state index < -0.39 is 0 Å². The average Bonchev–Trinajstić information content (AvgIpc) is 2.81. The molecule has 1 saturated carbocycles. The topological polar surface area (TPSA) is 75.3 Å². The van der Waals surface area contributed by atoms with Gasteiger partial charge in [-0.3, -0.25) is 0 Å². The second-order valence-electron chi connectivity index (χ2n) is 4.17. The maximum absolute atomic E-state index is 9.09. The molecule has 2 rings (SSSR count). The summed E-state index contributed by atoms with van der Waals surface area (Å²) in [7, 11) is 0. The van der Waals surface area contributed by atoms with Crippen LogP contribution >= 0.6 is 0 Å². The van der Waals surface area contributed by atoms with E-state index in [0.717, 1.165) is 12.8 Å². The zero-order chi connectivity index (χ0) is 11.4. The maximum atomic E-state index is 9.09. The molecule has 0 bridgehead atoms. The van der Waals surface area contributed by atoms with Crippen molar-refractivity contribution in [3.8, 4) is 0 Å². The summed E-state index contributed by atoms with van der Waals surface area (Å²) in [6.45, 7) is 0.721. The van der Waals surface area contributed by atoms with E-state index in [1.54, 1.807) is 12.4 Å². The van der Waals surface area contributed by atoms with E-state index in [-0.39, 0.29) is 6.61 Å². The smallest absolute Gasteiger partial charge is 0.225 e. The Labute approximate surface area is 95.3 Å². The molecule has 0 saturated heterocycles. The van der Waals surface area contributed by atoms with Crippen LogP contribution in [-0.4, -0.2) is 34.3 Å². The molecule has 0 aliphatic heterocycles. The van der Waals surface area contributed by atoms with E-state index in [2.05, 4.69) is 14.9 Å². The van der Waals surface area contributed by atoms with Crippen LogP contribution in [0.25, 0.3) is 0 Å². The summed E-state index contributed by atoms with van der Waals surface area (Å²) in [5.74, 6) is 0.676. The molecule has 1 aromatic heterocycles. The predicted octanol–water partition coefficient (Wildman–Crippen LogP) is 0.800. The molecular formula is C11H18N4O. The molecule has 1 aliphatic carbocycles. The van der Waals surface area contributed by atoms with Crippen LogP contribution in [0.1, 0.15) is 25.7 Å². The Morgan fingerprint density at radius 3 is 2.50 bits per heavy atom. The van der Waals surface area contributed by atoms with Crippen molar-refractivity contribution in [1.29, 1.82) is 0 Å². The average molecular weight is 222 g/mol. The van der Waals surface area contributed by atoms with Gasteiger partial charge in [-0.2, -0.15) is 0 Å². The van der Waals surface area contributed by atoms with Gasteiger partial charge in [0.2, 0.25) is 5.95 Å². The minimum absolute atomic E-state index is 0.129. The van der Waals surface area contributed by atoms with Crippen molar-refractivity contribution in [2.45, 2.75) is 31.7 Å². The molecule has 0 radical (unpaired) electrons. The molecule has 88 valence electrons. The molecule has 16 heavy (non-hydrogen) atoms. The van der Waals surface area contributed by atoms with Gasteiger partial charge in [0, 0.05) is 12.6 Å². The van der Waals surface area contributed by atoms with Crippen LogP contribution in [0.2, 0.25) is 0 Å². The molecule has 1 heterocycles. The van der Waals surface area contributed by atoms with Crippen LogP contribution in [0.3, 0.4) is 0 Å². The van der Waals surface area contributed by atoms with Crippen molar-refractivity contribution in [2.24, 2.45) is 0 Å². The van der Waals surface area contributed by atoms with Crippen molar-refractivity contribution >= 4 is 11.6 Å². The van der Waals surface area contributed by atoms with E-state index in [1.807, 2.05) is 0 Å². The van der Waals surface area contributed by atoms with Crippen molar-refractivity contribution < 1.29 is 5.11 Å². The van der Waals surface area contributed by atoms with E-state index in [4.69, 9.17) is 10.8 Å². The fourth-order valence-corrected chi connectivity index (χ4v) is 2.25. The van der Waals surface area contributed by atoms with Gasteiger partial charge in [-0.05, 0) is 12.8 Å². The highest BCUT2D eigenvalue weighted by atomic mass is 16.3. The van der Waals surface area contributed by atoms with Gasteiger partial charge >= 0.3 is 0 Å². The van der Waals surface area contributed by atoms with E-state index in [9.17, 15) is 0 Å². The van der Waals surface area contributed by atoms with Gasteiger partial charge in [0.25, 0.3) is 0 Å². The SMILES string of the molecule is Nc1cnc(N(CCO)C2CCCC2)nc1. The maximum Gasteiger partial charge on any atom is 0.225 e. The Bertz CT molecular complexity index is 321. The molecular weight excluding hydrogens is 204 g/mol. The Kier molecular flexibility index (Phi) is 3.56. The lowest BCUT2D eigenvalue weighted by Gasteiger charge is -2.28. The normalized spacial score (nSPS) is 16.6. The number of aliphatic hydroxyl groups is 1. The number of rotatable bonds is 4. The first kappa shape index (κ1) is 11.1. The lowest BCUT2D eigenvalue weighted by molar-refractivity contribution is 0.296. The summed E-state index contributed by atoms with van der Waals surface area (Å²) in [4.78, 5) is 10.5. The third-order valence-electron chi connectivity index (χ3n) is 3.02. The molecule has 5 heteroatoms. The number of anilines is 2. The third kappa shape index (κ3) is 2.41. The molecule has 1 aliphatic rings. The molecule has 0 aromatic carbocycles. The minimum atomic E-state index is 0.129. The number of nitrogens with zero attached hydrogens (tertiary/aromatic N) is 3. The van der Waals surface area contributed by atoms with Crippen molar-refractivity contribution in [3.05, 3.63) is 12.4 Å². The van der Waals surface area contributed by atoms with E-state index in [0.29, 0.717) is 24.2 Å². The largest absolute Gasteiger partial charge is 0.396 e. The highest BCUT2D eigenvalue weighted by Crippen LogP contribution is 2.25. The lowest BCUT2D eigenvalue weighted by atomic mass is 10.2. The van der Waals surface area contributed by atoms with Crippen LogP contribution in [0, 0.1) is 0 Å². The summed E-state index contributed by atoms with van der Waals surface area (Å²) in [5.41, 5.74) is 6.13. The number of hydrogen-bond donors (Lipinski definition) is 2. The van der Waals surface area contributed by atoms with E-state index in [1.165, 1.54) is 12.8 Å². The third-order valence-corrected chi connectivity index (χ3v) is 3.02. The number of aliphatic hydroxyl groups excluding tert-OH is 1. The highest BCUT2D eigenvalue weighted by Gasteiger charge is 2.23. The molecule has 0 spiro atoms. The second kappa shape index (κ2) is 5.12. The Morgan fingerprint density at radius 2 is 1.94 bits per heavy atom. The second-order valence-corrected chi connectivity index (χ2v) is 4.17. The summed E-state index contributed by atoms with van der Waals surface area (Å²) in [6.07, 6.45) is 8.05. The Morgan fingerprint density at radius 1 is 1.31 bits per heavy atom. The Balaban J connectivity index is 2.14. The summed E-state index contributed by atoms with van der Waals surface area (Å²) in [5, 5.41) is 9.09. The van der Waals surface area contributed by atoms with Gasteiger partial charge in [0.15, 0.2) is 0 Å². The zero-order valence-corrected chi connectivity index (χ0v) is 9.34. The zero-order valence-electron chi connectivity index (χ0n) is 9.34. The van der Waals surface area contributed by atoms with Crippen LogP contribution < -0.4 is 10.6 Å². The first-order valence-electron chi connectivity index (χ1n) is 5.76. The summed E-state index contributed by atoms with van der Waals surface area (Å²) in [6, 6.07) is 0.468. The summed E-state index contributed by atoms with van der Waals surface area (Å²) < 4.78 is 0. The van der Waals surface area contributed by atoms with Crippen LogP contribution in [0.5, 0.6) is 0 Å². The van der Waals surface area contributed by atoms with Gasteiger partial charge in [-0.1, -0.05) is 12.8 Å². The van der Waals surface area contributed by atoms with Gasteiger partial charge in [-0.15, -0.1) is 0 Å². The van der Waals surface area contributed by atoms with Crippen molar-refractivity contribution in [1.82, 2.24) is 9.97 Å². The highest BCUT2D eigenvalue weighted by molar-refractivity contribution is 5.38. The summed E-state index contributed by atoms with van der Waals surface area (Å²) >= 11 is 0.